The van der Waals surface area contributed by atoms with Gasteiger partial charge >= 0.3 is 0 Å². The topological polar surface area (TPSA) is 41.1 Å². The Bertz CT molecular complexity index is 196. The minimum absolute atomic E-state index is 0.202. The van der Waals surface area contributed by atoms with Crippen LogP contribution in [-0.4, -0.2) is 25.0 Å². The molecule has 0 saturated carbocycles. The molecule has 3 nitrogen and oxygen atoms in total. The van der Waals surface area contributed by atoms with Gasteiger partial charge in [-0.15, -0.1) is 0 Å². The van der Waals surface area contributed by atoms with Crippen molar-refractivity contribution in [1.29, 1.82) is 0 Å². The van der Waals surface area contributed by atoms with Crippen molar-refractivity contribution in [2.75, 3.05) is 13.1 Å². The molecule has 1 atom stereocenters. The lowest BCUT2D eigenvalue weighted by molar-refractivity contribution is -0.119. The fourth-order valence-corrected chi connectivity index (χ4v) is 1.57. The zero-order valence-corrected chi connectivity index (χ0v) is 9.52. The van der Waals surface area contributed by atoms with E-state index in [9.17, 15) is 4.79 Å². The molecule has 14 heavy (non-hydrogen) atoms. The lowest BCUT2D eigenvalue weighted by atomic mass is 9.92. The molecular formula is C11H22N2O. The Hall–Kier alpha value is -0.570. The second kappa shape index (κ2) is 4.78. The maximum atomic E-state index is 10.9. The maximum Gasteiger partial charge on any atom is 0.220 e. The van der Waals surface area contributed by atoms with Crippen LogP contribution in [0.15, 0.2) is 0 Å². The third-order valence-corrected chi connectivity index (χ3v) is 2.53. The number of amides is 1. The van der Waals surface area contributed by atoms with Gasteiger partial charge in [0, 0.05) is 19.0 Å². The summed E-state index contributed by atoms with van der Waals surface area (Å²) in [6.07, 6.45) is 2.86. The molecule has 0 aromatic rings. The van der Waals surface area contributed by atoms with Gasteiger partial charge in [-0.25, -0.2) is 0 Å². The van der Waals surface area contributed by atoms with Gasteiger partial charge in [-0.1, -0.05) is 20.8 Å². The standard InChI is InChI=1S/C11H22N2O/c1-11(2,3)6-7-12-8-9-4-5-10(14)13-9/h9,12H,4-8H2,1-3H3,(H,13,14). The van der Waals surface area contributed by atoms with Gasteiger partial charge in [0.15, 0.2) is 0 Å². The normalized spacial score (nSPS) is 22.5. The van der Waals surface area contributed by atoms with Crippen LogP contribution in [0.25, 0.3) is 0 Å². The predicted molar refractivity (Wildman–Crippen MR) is 58.1 cm³/mol. The van der Waals surface area contributed by atoms with Crippen LogP contribution in [0.5, 0.6) is 0 Å². The minimum atomic E-state index is 0.202. The van der Waals surface area contributed by atoms with Crippen LogP contribution in [0.4, 0.5) is 0 Å². The molecule has 1 heterocycles. The zero-order valence-electron chi connectivity index (χ0n) is 9.52. The highest BCUT2D eigenvalue weighted by Crippen LogP contribution is 2.16. The second-order valence-electron chi connectivity index (χ2n) is 5.32. The van der Waals surface area contributed by atoms with Crippen LogP contribution in [0.1, 0.15) is 40.0 Å². The summed E-state index contributed by atoms with van der Waals surface area (Å²) in [7, 11) is 0. The summed E-state index contributed by atoms with van der Waals surface area (Å²) < 4.78 is 0. The van der Waals surface area contributed by atoms with E-state index in [4.69, 9.17) is 0 Å². The highest BCUT2D eigenvalue weighted by Gasteiger charge is 2.19. The first kappa shape index (κ1) is 11.5. The van der Waals surface area contributed by atoms with Crippen molar-refractivity contribution in [2.24, 2.45) is 5.41 Å². The SMILES string of the molecule is CC(C)(C)CCNCC1CCC(=O)N1. The van der Waals surface area contributed by atoms with E-state index in [2.05, 4.69) is 31.4 Å². The van der Waals surface area contributed by atoms with E-state index < -0.39 is 0 Å². The Balaban J connectivity index is 2.02. The first-order valence-electron chi connectivity index (χ1n) is 5.47. The van der Waals surface area contributed by atoms with Gasteiger partial charge in [-0.05, 0) is 24.8 Å². The molecule has 0 spiro atoms. The van der Waals surface area contributed by atoms with Crippen molar-refractivity contribution >= 4 is 5.91 Å². The van der Waals surface area contributed by atoms with Gasteiger partial charge in [-0.3, -0.25) is 4.79 Å². The number of rotatable bonds is 4. The molecule has 1 fully saturated rings. The molecule has 1 saturated heterocycles. The number of carbonyl (C=O) groups excluding carboxylic acids is 1. The van der Waals surface area contributed by atoms with E-state index in [-0.39, 0.29) is 5.91 Å². The van der Waals surface area contributed by atoms with Crippen molar-refractivity contribution in [3.8, 4) is 0 Å². The summed E-state index contributed by atoms with van der Waals surface area (Å²) in [5.74, 6) is 0.202. The average Bonchev–Trinajstić information content (AvgIpc) is 2.44. The Morgan fingerprint density at radius 2 is 2.21 bits per heavy atom. The molecule has 1 unspecified atom stereocenters. The van der Waals surface area contributed by atoms with E-state index in [1.807, 2.05) is 0 Å². The molecule has 1 amide bonds. The Morgan fingerprint density at radius 1 is 1.50 bits per heavy atom. The van der Waals surface area contributed by atoms with Crippen molar-refractivity contribution in [3.05, 3.63) is 0 Å². The van der Waals surface area contributed by atoms with E-state index in [1.165, 1.54) is 6.42 Å². The molecule has 2 N–H and O–H groups in total. The molecular weight excluding hydrogens is 176 g/mol. The van der Waals surface area contributed by atoms with Crippen LogP contribution in [0.2, 0.25) is 0 Å². The number of hydrogen-bond donors (Lipinski definition) is 2. The van der Waals surface area contributed by atoms with E-state index in [0.717, 1.165) is 19.5 Å². The van der Waals surface area contributed by atoms with Gasteiger partial charge in [0.1, 0.15) is 0 Å². The number of hydrogen-bond acceptors (Lipinski definition) is 2. The van der Waals surface area contributed by atoms with Crippen LogP contribution >= 0.6 is 0 Å². The lowest BCUT2D eigenvalue weighted by Crippen LogP contribution is -2.36. The van der Waals surface area contributed by atoms with Crippen molar-refractivity contribution < 1.29 is 4.79 Å². The Morgan fingerprint density at radius 3 is 2.71 bits per heavy atom. The summed E-state index contributed by atoms with van der Waals surface area (Å²) in [6.45, 7) is 8.68. The van der Waals surface area contributed by atoms with Crippen LogP contribution in [-0.2, 0) is 4.79 Å². The highest BCUT2D eigenvalue weighted by molar-refractivity contribution is 5.78. The summed E-state index contributed by atoms with van der Waals surface area (Å²) >= 11 is 0. The molecule has 0 aromatic heterocycles. The third-order valence-electron chi connectivity index (χ3n) is 2.53. The van der Waals surface area contributed by atoms with E-state index in [0.29, 0.717) is 17.9 Å². The number of nitrogens with one attached hydrogen (secondary N) is 2. The molecule has 3 heteroatoms. The molecule has 1 aliphatic rings. The van der Waals surface area contributed by atoms with Gasteiger partial charge < -0.3 is 10.6 Å². The van der Waals surface area contributed by atoms with Crippen molar-refractivity contribution in [1.82, 2.24) is 10.6 Å². The quantitative estimate of drug-likeness (QED) is 0.668. The second-order valence-corrected chi connectivity index (χ2v) is 5.32. The molecule has 1 aliphatic heterocycles. The predicted octanol–water partition coefficient (Wildman–Crippen LogP) is 1.29. The molecule has 0 aliphatic carbocycles. The van der Waals surface area contributed by atoms with Gasteiger partial charge in [0.2, 0.25) is 5.91 Å². The first-order valence-corrected chi connectivity index (χ1v) is 5.47. The van der Waals surface area contributed by atoms with E-state index >= 15 is 0 Å². The zero-order chi connectivity index (χ0) is 10.6. The Labute approximate surface area is 86.6 Å². The van der Waals surface area contributed by atoms with Gasteiger partial charge in [-0.2, -0.15) is 0 Å². The monoisotopic (exact) mass is 198 g/mol. The molecule has 0 aromatic carbocycles. The maximum absolute atomic E-state index is 10.9. The van der Waals surface area contributed by atoms with Crippen molar-refractivity contribution in [3.63, 3.8) is 0 Å². The fraction of sp³-hybridized carbons (Fsp3) is 0.909. The van der Waals surface area contributed by atoms with E-state index in [1.54, 1.807) is 0 Å². The minimum Gasteiger partial charge on any atom is -0.352 e. The largest absolute Gasteiger partial charge is 0.352 e. The molecule has 1 rings (SSSR count). The van der Waals surface area contributed by atoms with Crippen LogP contribution < -0.4 is 10.6 Å². The summed E-state index contributed by atoms with van der Waals surface area (Å²) in [5.41, 5.74) is 0.395. The third kappa shape index (κ3) is 4.61. The summed E-state index contributed by atoms with van der Waals surface area (Å²) in [6, 6.07) is 0.363. The van der Waals surface area contributed by atoms with Gasteiger partial charge in [0.25, 0.3) is 0 Å². The average molecular weight is 198 g/mol. The van der Waals surface area contributed by atoms with Crippen LogP contribution in [0.3, 0.4) is 0 Å². The van der Waals surface area contributed by atoms with Gasteiger partial charge in [0.05, 0.1) is 0 Å². The van der Waals surface area contributed by atoms with Crippen molar-refractivity contribution in [2.45, 2.75) is 46.1 Å². The first-order chi connectivity index (χ1) is 6.47. The summed E-state index contributed by atoms with van der Waals surface area (Å²) in [4.78, 5) is 10.9. The smallest absolute Gasteiger partial charge is 0.220 e. The summed E-state index contributed by atoms with van der Waals surface area (Å²) in [5, 5.41) is 6.34. The lowest BCUT2D eigenvalue weighted by Gasteiger charge is -2.19. The molecule has 82 valence electrons. The fourth-order valence-electron chi connectivity index (χ4n) is 1.57. The Kier molecular flexibility index (Phi) is 3.93. The van der Waals surface area contributed by atoms with Crippen LogP contribution in [0, 0.1) is 5.41 Å². The molecule has 0 bridgehead atoms. The highest BCUT2D eigenvalue weighted by atomic mass is 16.1. The number of carbonyl (C=O) groups is 1. The molecule has 0 radical (unpaired) electrons.